The molecule has 5 heteroatoms. The summed E-state index contributed by atoms with van der Waals surface area (Å²) >= 11 is 1.75. The van der Waals surface area contributed by atoms with E-state index in [1.54, 1.807) is 11.3 Å². The summed E-state index contributed by atoms with van der Waals surface area (Å²) in [5.74, 6) is 0.670. The van der Waals surface area contributed by atoms with Crippen LogP contribution in [0.4, 0.5) is 0 Å². The summed E-state index contributed by atoms with van der Waals surface area (Å²) in [6.07, 6.45) is 0. The van der Waals surface area contributed by atoms with E-state index in [0.717, 1.165) is 81.9 Å². The van der Waals surface area contributed by atoms with E-state index >= 15 is 0 Å². The number of benzene rings is 9. The lowest BCUT2D eigenvalue weighted by Gasteiger charge is -2.13. The van der Waals surface area contributed by atoms with Gasteiger partial charge in [-0.3, -0.25) is 0 Å². The average molecular weight is 744 g/mol. The van der Waals surface area contributed by atoms with Crippen molar-refractivity contribution in [2.24, 2.45) is 0 Å². The fraction of sp³-hybridized carbons (Fsp3) is 0. The first kappa shape index (κ1) is 30.9. The Morgan fingerprint density at radius 3 is 1.72 bits per heavy atom. The van der Waals surface area contributed by atoms with Crippen LogP contribution in [0, 0.1) is 0 Å². The molecule has 0 aliphatic rings. The van der Waals surface area contributed by atoms with E-state index in [0.29, 0.717) is 5.82 Å². The summed E-state index contributed by atoms with van der Waals surface area (Å²) in [7, 11) is 0. The molecule has 57 heavy (non-hydrogen) atoms. The minimum atomic E-state index is 0.670. The third-order valence-electron chi connectivity index (χ3n) is 11.8. The van der Waals surface area contributed by atoms with E-state index in [2.05, 4.69) is 180 Å². The number of aromatic nitrogens is 3. The lowest BCUT2D eigenvalue weighted by Crippen LogP contribution is -1.98. The zero-order chi connectivity index (χ0) is 37.2. The van der Waals surface area contributed by atoms with Crippen LogP contribution >= 0.6 is 11.3 Å². The molecule has 9 aromatic carbocycles. The standard InChI is InChI=1S/C52H29N3OS/c1-2-15-33(16-3-1)49-51-50(38-20-10-11-21-44(38)57-51)54-52(53-49)39-28-34(29-43-48(39)47-37-19-9-6-14-32(37)24-27-42(47)56-43)55-40-25-22-30-12-4-7-17-35(30)45(40)46-36-18-8-5-13-31(36)23-26-41(46)55/h1-29H. The van der Waals surface area contributed by atoms with Gasteiger partial charge in [-0.05, 0) is 62.6 Å². The minimum absolute atomic E-state index is 0.670. The predicted octanol–water partition coefficient (Wildman–Crippen LogP) is 14.6. The molecular formula is C52H29N3OS. The van der Waals surface area contributed by atoms with Crippen molar-refractivity contribution < 1.29 is 4.42 Å². The molecule has 4 aromatic heterocycles. The molecule has 0 saturated carbocycles. The van der Waals surface area contributed by atoms with Gasteiger partial charge in [-0.2, -0.15) is 0 Å². The van der Waals surface area contributed by atoms with Gasteiger partial charge in [0.1, 0.15) is 11.2 Å². The van der Waals surface area contributed by atoms with Crippen LogP contribution in [-0.2, 0) is 0 Å². The average Bonchev–Trinajstić information content (AvgIpc) is 3.96. The third-order valence-corrected chi connectivity index (χ3v) is 12.9. The Labute approximate surface area is 329 Å². The molecule has 4 nitrogen and oxygen atoms in total. The van der Waals surface area contributed by atoms with Crippen molar-refractivity contribution in [3.8, 4) is 28.3 Å². The SMILES string of the molecule is c1ccc(-c2nc(-c3cc(-n4c5ccc6ccccc6c5c5c6ccccc6ccc54)cc4oc5ccc6ccccc6c5c34)nc3c2sc2ccccc23)cc1. The van der Waals surface area contributed by atoms with E-state index in [4.69, 9.17) is 14.4 Å². The maximum atomic E-state index is 6.92. The Balaban J connectivity index is 1.22. The Kier molecular flexibility index (Phi) is 6.29. The highest BCUT2D eigenvalue weighted by Gasteiger charge is 2.24. The molecule has 0 fully saturated rings. The van der Waals surface area contributed by atoms with E-state index < -0.39 is 0 Å². The second-order valence-corrected chi connectivity index (χ2v) is 15.9. The van der Waals surface area contributed by atoms with E-state index in [-0.39, 0.29) is 0 Å². The molecule has 0 atom stereocenters. The first-order valence-corrected chi connectivity index (χ1v) is 20.1. The highest BCUT2D eigenvalue weighted by molar-refractivity contribution is 7.26. The second-order valence-electron chi connectivity index (χ2n) is 14.9. The van der Waals surface area contributed by atoms with Crippen molar-refractivity contribution >= 4 is 108 Å². The highest BCUT2D eigenvalue weighted by atomic mass is 32.1. The molecule has 0 saturated heterocycles. The molecule has 0 amide bonds. The lowest BCUT2D eigenvalue weighted by atomic mass is 9.99. The third kappa shape index (κ3) is 4.37. The number of hydrogen-bond acceptors (Lipinski definition) is 4. The summed E-state index contributed by atoms with van der Waals surface area (Å²) in [5, 5.41) is 12.9. The Morgan fingerprint density at radius 2 is 1.04 bits per heavy atom. The maximum Gasteiger partial charge on any atom is 0.161 e. The Morgan fingerprint density at radius 1 is 0.456 bits per heavy atom. The van der Waals surface area contributed by atoms with Crippen LogP contribution in [0.3, 0.4) is 0 Å². The van der Waals surface area contributed by atoms with Crippen molar-refractivity contribution in [2.75, 3.05) is 0 Å². The molecule has 0 spiro atoms. The molecule has 0 bridgehead atoms. The molecule has 0 aliphatic heterocycles. The van der Waals surface area contributed by atoms with E-state index in [9.17, 15) is 0 Å². The maximum absolute atomic E-state index is 6.92. The number of fused-ring (bicyclic) bond motifs is 15. The second kappa shape index (κ2) is 11.6. The van der Waals surface area contributed by atoms with Gasteiger partial charge >= 0.3 is 0 Å². The number of furan rings is 1. The zero-order valence-corrected chi connectivity index (χ0v) is 31.2. The van der Waals surface area contributed by atoms with Crippen molar-refractivity contribution in [2.45, 2.75) is 0 Å². The number of thiophene rings is 1. The largest absolute Gasteiger partial charge is 0.456 e. The van der Waals surface area contributed by atoms with Gasteiger partial charge in [-0.1, -0.05) is 140 Å². The zero-order valence-electron chi connectivity index (χ0n) is 30.4. The lowest BCUT2D eigenvalue weighted by molar-refractivity contribution is 0.669. The first-order chi connectivity index (χ1) is 28.3. The van der Waals surface area contributed by atoms with Crippen LogP contribution in [0.2, 0.25) is 0 Å². The fourth-order valence-electron chi connectivity index (χ4n) is 9.29. The molecule has 0 aliphatic carbocycles. The Bertz CT molecular complexity index is 3720. The van der Waals surface area contributed by atoms with E-state index in [1.165, 1.54) is 37.0 Å². The minimum Gasteiger partial charge on any atom is -0.456 e. The number of rotatable bonds is 3. The van der Waals surface area contributed by atoms with Gasteiger partial charge in [0.05, 0.1) is 32.6 Å². The molecule has 4 heterocycles. The van der Waals surface area contributed by atoms with Crippen molar-refractivity contribution in [3.05, 3.63) is 176 Å². The van der Waals surface area contributed by atoms with Crippen LogP contribution in [0.5, 0.6) is 0 Å². The van der Waals surface area contributed by atoms with Crippen molar-refractivity contribution in [1.82, 2.24) is 14.5 Å². The van der Waals surface area contributed by atoms with Gasteiger partial charge in [0.15, 0.2) is 5.82 Å². The summed E-state index contributed by atoms with van der Waals surface area (Å²) < 4.78 is 11.6. The first-order valence-electron chi connectivity index (χ1n) is 19.2. The van der Waals surface area contributed by atoms with Crippen molar-refractivity contribution in [3.63, 3.8) is 0 Å². The molecule has 0 radical (unpaired) electrons. The molecule has 264 valence electrons. The number of nitrogens with zero attached hydrogens (tertiary/aromatic N) is 3. The molecule has 13 rings (SSSR count). The fourth-order valence-corrected chi connectivity index (χ4v) is 10.4. The van der Waals surface area contributed by atoms with E-state index in [1.807, 2.05) is 0 Å². The van der Waals surface area contributed by atoms with Gasteiger partial charge in [-0.25, -0.2) is 9.97 Å². The van der Waals surface area contributed by atoms with Crippen LogP contribution in [-0.4, -0.2) is 14.5 Å². The van der Waals surface area contributed by atoms with Crippen LogP contribution in [0.1, 0.15) is 0 Å². The highest BCUT2D eigenvalue weighted by Crippen LogP contribution is 2.46. The van der Waals surface area contributed by atoms with Gasteiger partial charge in [0.25, 0.3) is 0 Å². The molecular weight excluding hydrogens is 715 g/mol. The predicted molar refractivity (Wildman–Crippen MR) is 240 cm³/mol. The van der Waals surface area contributed by atoms with Gasteiger partial charge < -0.3 is 8.98 Å². The summed E-state index contributed by atoms with van der Waals surface area (Å²) in [4.78, 5) is 11.0. The van der Waals surface area contributed by atoms with Crippen LogP contribution in [0.15, 0.2) is 180 Å². The van der Waals surface area contributed by atoms with Crippen LogP contribution in [0.25, 0.3) is 125 Å². The number of hydrogen-bond donors (Lipinski definition) is 0. The van der Waals surface area contributed by atoms with Crippen molar-refractivity contribution in [1.29, 1.82) is 0 Å². The quantitative estimate of drug-likeness (QED) is 0.181. The summed E-state index contributed by atoms with van der Waals surface area (Å²) in [5.41, 5.74) is 8.79. The van der Waals surface area contributed by atoms with Gasteiger partial charge in [-0.15, -0.1) is 11.3 Å². The van der Waals surface area contributed by atoms with Gasteiger partial charge in [0, 0.05) is 48.8 Å². The summed E-state index contributed by atoms with van der Waals surface area (Å²) in [6.45, 7) is 0. The van der Waals surface area contributed by atoms with Gasteiger partial charge in [0.2, 0.25) is 0 Å². The summed E-state index contributed by atoms with van der Waals surface area (Å²) in [6, 6.07) is 62.9. The molecule has 0 N–H and O–H groups in total. The topological polar surface area (TPSA) is 43.9 Å². The van der Waals surface area contributed by atoms with Crippen LogP contribution < -0.4 is 0 Å². The monoisotopic (exact) mass is 743 g/mol. The molecule has 13 aromatic rings. The normalized spacial score (nSPS) is 12.2. The Hall–Kier alpha value is -7.34. The molecule has 0 unspecified atom stereocenters. The smallest absolute Gasteiger partial charge is 0.161 e.